The van der Waals surface area contributed by atoms with Gasteiger partial charge in [0.1, 0.15) is 0 Å². The molecule has 1 rings (SSSR count). The second-order valence-corrected chi connectivity index (χ2v) is 8.69. The molecule has 1 nitrogen and oxygen atoms in total. The highest BCUT2D eigenvalue weighted by molar-refractivity contribution is 5.11. The van der Waals surface area contributed by atoms with E-state index in [9.17, 15) is 0 Å². The number of benzene rings is 1. The van der Waals surface area contributed by atoms with Gasteiger partial charge in [-0.3, -0.25) is 0 Å². The zero-order valence-electron chi connectivity index (χ0n) is 20.3. The van der Waals surface area contributed by atoms with Crippen molar-refractivity contribution >= 4 is 0 Å². The molecule has 1 heteroatoms. The third-order valence-corrected chi connectivity index (χ3v) is 6.10. The molecule has 28 heavy (non-hydrogen) atoms. The highest BCUT2D eigenvalue weighted by Crippen LogP contribution is 2.26. The predicted octanol–water partition coefficient (Wildman–Crippen LogP) is 8.56. The SMILES string of the molecule is CCCCC(CCC)[N+](CCCC)(CCCC)CCCC.Cc1ccccc1. The van der Waals surface area contributed by atoms with Gasteiger partial charge in [-0.15, -0.1) is 0 Å². The molecule has 0 fully saturated rings. The van der Waals surface area contributed by atoms with E-state index in [-0.39, 0.29) is 0 Å². The number of nitrogens with zero attached hydrogens (tertiary/aromatic N) is 1. The Kier molecular flexibility index (Phi) is 17.7. The van der Waals surface area contributed by atoms with Crippen molar-refractivity contribution in [3.63, 3.8) is 0 Å². The summed E-state index contributed by atoms with van der Waals surface area (Å²) >= 11 is 0. The molecule has 0 radical (unpaired) electrons. The second kappa shape index (κ2) is 18.2. The average molecular weight is 391 g/mol. The minimum atomic E-state index is 0.930. The number of rotatable bonds is 15. The molecule has 0 aliphatic heterocycles. The summed E-state index contributed by atoms with van der Waals surface area (Å²) in [6.45, 7) is 18.2. The number of hydrogen-bond donors (Lipinski definition) is 0. The summed E-state index contributed by atoms with van der Waals surface area (Å²) in [6.07, 6.45) is 15.3. The molecule has 0 N–H and O–H groups in total. The van der Waals surface area contributed by atoms with Crippen molar-refractivity contribution < 1.29 is 4.48 Å². The molecular weight excluding hydrogens is 338 g/mol. The van der Waals surface area contributed by atoms with Crippen LogP contribution in [-0.2, 0) is 0 Å². The molecule has 1 aromatic rings. The Morgan fingerprint density at radius 3 is 1.39 bits per heavy atom. The van der Waals surface area contributed by atoms with Gasteiger partial charge in [-0.1, -0.05) is 103 Å². The van der Waals surface area contributed by atoms with Crippen LogP contribution >= 0.6 is 0 Å². The Labute approximate surface area is 178 Å². The Morgan fingerprint density at radius 2 is 1.07 bits per heavy atom. The maximum absolute atomic E-state index is 2.38. The Bertz CT molecular complexity index is 403. The van der Waals surface area contributed by atoms with E-state index >= 15 is 0 Å². The topological polar surface area (TPSA) is 0 Å². The van der Waals surface area contributed by atoms with Crippen molar-refractivity contribution in [1.29, 1.82) is 0 Å². The number of unbranched alkanes of at least 4 members (excludes halogenated alkanes) is 4. The quantitative estimate of drug-likeness (QED) is 0.263. The van der Waals surface area contributed by atoms with Crippen LogP contribution in [0.1, 0.15) is 111 Å². The van der Waals surface area contributed by atoms with E-state index in [1.807, 2.05) is 18.2 Å². The van der Waals surface area contributed by atoms with Gasteiger partial charge in [0.2, 0.25) is 0 Å². The summed E-state index contributed by atoms with van der Waals surface area (Å²) in [5.74, 6) is 0. The molecule has 0 bridgehead atoms. The van der Waals surface area contributed by atoms with Crippen molar-refractivity contribution in [1.82, 2.24) is 0 Å². The van der Waals surface area contributed by atoms with Crippen LogP contribution in [0.25, 0.3) is 0 Å². The van der Waals surface area contributed by atoms with Crippen LogP contribution in [0, 0.1) is 6.92 Å². The highest BCUT2D eigenvalue weighted by Gasteiger charge is 2.34. The fourth-order valence-corrected chi connectivity index (χ4v) is 4.30. The zero-order chi connectivity index (χ0) is 21.1. The van der Waals surface area contributed by atoms with E-state index in [1.54, 1.807) is 0 Å². The standard InChI is InChI=1S/C20H44N.C7H8/c1-6-11-16-20(15-10-5)21(17-12-7-2,18-13-8-3)19-14-9-4;1-7-5-3-2-4-6-7/h20H,6-19H2,1-5H3;2-6H,1H3/q+1;. The molecule has 1 unspecified atom stereocenters. The first-order chi connectivity index (χ1) is 13.6. The second-order valence-electron chi connectivity index (χ2n) is 8.69. The van der Waals surface area contributed by atoms with Crippen molar-refractivity contribution in [2.75, 3.05) is 19.6 Å². The first-order valence-electron chi connectivity index (χ1n) is 12.5. The minimum absolute atomic E-state index is 0.930. The van der Waals surface area contributed by atoms with E-state index in [1.165, 1.54) is 100 Å². The molecule has 0 aromatic heterocycles. The summed E-state index contributed by atoms with van der Waals surface area (Å²) < 4.78 is 1.45. The summed E-state index contributed by atoms with van der Waals surface area (Å²) in [4.78, 5) is 0. The van der Waals surface area contributed by atoms with E-state index in [0.29, 0.717) is 0 Å². The van der Waals surface area contributed by atoms with Crippen LogP contribution in [0.3, 0.4) is 0 Å². The zero-order valence-corrected chi connectivity index (χ0v) is 20.3. The molecule has 1 aromatic carbocycles. The van der Waals surface area contributed by atoms with Crippen molar-refractivity contribution in [3.8, 4) is 0 Å². The Balaban J connectivity index is 0.000000861. The fourth-order valence-electron chi connectivity index (χ4n) is 4.30. The molecule has 0 heterocycles. The molecule has 0 spiro atoms. The van der Waals surface area contributed by atoms with Gasteiger partial charge in [0.05, 0.1) is 25.7 Å². The van der Waals surface area contributed by atoms with E-state index in [2.05, 4.69) is 53.7 Å². The summed E-state index contributed by atoms with van der Waals surface area (Å²) in [7, 11) is 0. The maximum Gasteiger partial charge on any atom is 0.0890 e. The third kappa shape index (κ3) is 11.9. The van der Waals surface area contributed by atoms with E-state index < -0.39 is 0 Å². The molecular formula is C27H52N+. The number of aryl methyl sites for hydroxylation is 1. The van der Waals surface area contributed by atoms with Crippen molar-refractivity contribution in [2.24, 2.45) is 0 Å². The predicted molar refractivity (Wildman–Crippen MR) is 129 cm³/mol. The largest absolute Gasteiger partial charge is 0.321 e. The maximum atomic E-state index is 2.38. The lowest BCUT2D eigenvalue weighted by Crippen LogP contribution is -2.57. The summed E-state index contributed by atoms with van der Waals surface area (Å²) in [5.41, 5.74) is 1.32. The Morgan fingerprint density at radius 1 is 0.607 bits per heavy atom. The van der Waals surface area contributed by atoms with Gasteiger partial charge >= 0.3 is 0 Å². The van der Waals surface area contributed by atoms with Crippen LogP contribution in [0.4, 0.5) is 0 Å². The van der Waals surface area contributed by atoms with E-state index in [0.717, 1.165) is 6.04 Å². The smallest absolute Gasteiger partial charge is 0.0890 e. The third-order valence-electron chi connectivity index (χ3n) is 6.10. The lowest BCUT2D eigenvalue weighted by Gasteiger charge is -2.46. The van der Waals surface area contributed by atoms with E-state index in [4.69, 9.17) is 0 Å². The summed E-state index contributed by atoms with van der Waals surface area (Å²) in [6, 6.07) is 11.2. The van der Waals surface area contributed by atoms with Crippen LogP contribution in [0.15, 0.2) is 30.3 Å². The number of quaternary nitrogens is 1. The van der Waals surface area contributed by atoms with Gasteiger partial charge in [0.25, 0.3) is 0 Å². The summed E-state index contributed by atoms with van der Waals surface area (Å²) in [5, 5.41) is 0. The first kappa shape index (κ1) is 27.2. The molecule has 0 amide bonds. The molecule has 0 aliphatic rings. The fraction of sp³-hybridized carbons (Fsp3) is 0.778. The van der Waals surface area contributed by atoms with Crippen molar-refractivity contribution in [2.45, 2.75) is 118 Å². The lowest BCUT2D eigenvalue weighted by molar-refractivity contribution is -0.952. The highest BCUT2D eigenvalue weighted by atomic mass is 15.4. The van der Waals surface area contributed by atoms with Crippen molar-refractivity contribution in [3.05, 3.63) is 35.9 Å². The molecule has 0 saturated heterocycles. The molecule has 164 valence electrons. The van der Waals surface area contributed by atoms with Crippen LogP contribution in [-0.4, -0.2) is 30.2 Å². The lowest BCUT2D eigenvalue weighted by atomic mass is 9.97. The van der Waals surface area contributed by atoms with Gasteiger partial charge in [-0.25, -0.2) is 0 Å². The van der Waals surface area contributed by atoms with Gasteiger partial charge < -0.3 is 4.48 Å². The molecule has 1 atom stereocenters. The number of hydrogen-bond acceptors (Lipinski definition) is 0. The van der Waals surface area contributed by atoms with Gasteiger partial charge in [0, 0.05) is 0 Å². The van der Waals surface area contributed by atoms with Gasteiger partial charge in [-0.2, -0.15) is 0 Å². The molecule has 0 aliphatic carbocycles. The Hall–Kier alpha value is -0.820. The van der Waals surface area contributed by atoms with Crippen LogP contribution in [0.5, 0.6) is 0 Å². The van der Waals surface area contributed by atoms with Gasteiger partial charge in [-0.05, 0) is 45.4 Å². The minimum Gasteiger partial charge on any atom is -0.321 e. The van der Waals surface area contributed by atoms with Crippen LogP contribution < -0.4 is 0 Å². The first-order valence-corrected chi connectivity index (χ1v) is 12.5. The van der Waals surface area contributed by atoms with Gasteiger partial charge in [0.15, 0.2) is 0 Å². The molecule has 0 saturated carbocycles. The monoisotopic (exact) mass is 390 g/mol. The average Bonchev–Trinajstić information content (AvgIpc) is 2.72. The van der Waals surface area contributed by atoms with Crippen LogP contribution in [0.2, 0.25) is 0 Å². The normalized spacial score (nSPS) is 12.4.